The van der Waals surface area contributed by atoms with E-state index in [4.69, 9.17) is 0 Å². The summed E-state index contributed by atoms with van der Waals surface area (Å²) in [6, 6.07) is 0. The molecule has 0 saturated heterocycles. The predicted octanol–water partition coefficient (Wildman–Crippen LogP) is 2.49. The Kier molecular flexibility index (Phi) is 9.66. The Morgan fingerprint density at radius 1 is 1.21 bits per heavy atom. The normalized spacial score (nSPS) is 10.2. The fraction of sp³-hybridized carbons (Fsp3) is 0.900. The Bertz CT molecular complexity index is 163. The molecular weight excluding hydrogens is 287 g/mol. The molecule has 0 unspecified atom stereocenters. The Morgan fingerprint density at radius 3 is 2.07 bits per heavy atom. The maximum atomic E-state index is 11.4. The van der Waals surface area contributed by atoms with Gasteiger partial charge in [-0.05, 0) is 0 Å². The molecule has 0 rings (SSSR count). The second-order valence-corrected chi connectivity index (χ2v) is 4.54. The molecule has 0 saturated carbocycles. The van der Waals surface area contributed by atoms with Gasteiger partial charge in [0.2, 0.25) is 0 Å². The molecule has 1 radical (unpaired) electrons. The van der Waals surface area contributed by atoms with E-state index in [-0.39, 0.29) is 11.9 Å². The van der Waals surface area contributed by atoms with Crippen molar-refractivity contribution >= 4 is 27.5 Å². The predicted molar refractivity (Wildman–Crippen MR) is 55.1 cm³/mol. The summed E-state index contributed by atoms with van der Waals surface area (Å²) in [5.74, 6) is -0.238. The Hall–Kier alpha value is 0.0687. The van der Waals surface area contributed by atoms with E-state index in [2.05, 4.69) is 16.9 Å². The van der Waals surface area contributed by atoms with Gasteiger partial charge in [0.1, 0.15) is 0 Å². The molecule has 3 nitrogen and oxygen atoms in total. The van der Waals surface area contributed by atoms with Crippen LogP contribution in [-0.4, -0.2) is 27.5 Å². The van der Waals surface area contributed by atoms with Gasteiger partial charge in [0.25, 0.3) is 0 Å². The molecule has 0 aliphatic carbocycles. The first-order valence-electron chi connectivity index (χ1n) is 5.34. The molecule has 0 fully saturated rings. The van der Waals surface area contributed by atoms with Crippen LogP contribution < -0.4 is 0 Å². The van der Waals surface area contributed by atoms with Crippen molar-refractivity contribution < 1.29 is 10.9 Å². The van der Waals surface area contributed by atoms with Crippen molar-refractivity contribution in [3.63, 3.8) is 0 Å². The third kappa shape index (κ3) is 6.51. The van der Waals surface area contributed by atoms with Gasteiger partial charge < -0.3 is 0 Å². The molecule has 0 N–H and O–H groups in total. The van der Waals surface area contributed by atoms with Crippen LogP contribution in [0.2, 0.25) is 0 Å². The molecule has 14 heavy (non-hydrogen) atoms. The van der Waals surface area contributed by atoms with Crippen LogP contribution in [0, 0.1) is 5.92 Å². The van der Waals surface area contributed by atoms with Crippen LogP contribution in [0.5, 0.6) is 0 Å². The molecule has 0 aromatic heterocycles. The number of hydrogen-bond donors (Lipinski definition) is 0. The van der Waals surface area contributed by atoms with Crippen molar-refractivity contribution in [3.8, 4) is 0 Å². The van der Waals surface area contributed by atoms with E-state index in [9.17, 15) is 7.87 Å². The zero-order chi connectivity index (χ0) is 10.8. The molecule has 0 aromatic carbocycles. The van der Waals surface area contributed by atoms with Gasteiger partial charge in [-0.25, -0.2) is 0 Å². The molecule has 0 aliphatic rings. The number of carbonyl (C=O) groups is 1. The topological polar surface area (TPSA) is 43.4 Å². The van der Waals surface area contributed by atoms with Gasteiger partial charge >= 0.3 is 96.7 Å². The van der Waals surface area contributed by atoms with Crippen molar-refractivity contribution in [3.05, 3.63) is 0 Å². The molecule has 0 heterocycles. The Labute approximate surface area is 96.7 Å². The SMILES string of the molecule is CCCCC(CCCC)C(=O)[O][Sn]=[O]. The Balaban J connectivity index is 3.93. The minimum absolute atomic E-state index is 0.00949. The Morgan fingerprint density at radius 2 is 1.71 bits per heavy atom. The molecule has 0 amide bonds. The minimum atomic E-state index is -2.06. The fourth-order valence-electron chi connectivity index (χ4n) is 1.41. The van der Waals surface area contributed by atoms with Gasteiger partial charge in [-0.2, -0.15) is 0 Å². The van der Waals surface area contributed by atoms with Crippen molar-refractivity contribution in [2.24, 2.45) is 5.92 Å². The monoisotopic (exact) mass is 307 g/mol. The molecular formula is C10H19O3Sn. The zero-order valence-corrected chi connectivity index (χ0v) is 11.9. The van der Waals surface area contributed by atoms with E-state index in [1.165, 1.54) is 0 Å². The van der Waals surface area contributed by atoms with E-state index in [1.54, 1.807) is 0 Å². The molecule has 0 aromatic rings. The second-order valence-electron chi connectivity index (χ2n) is 3.49. The van der Waals surface area contributed by atoms with Gasteiger partial charge in [0.15, 0.2) is 0 Å². The third-order valence-corrected chi connectivity index (χ3v) is 3.10. The first-order chi connectivity index (χ1) is 6.76. The molecule has 0 aliphatic heterocycles. The van der Waals surface area contributed by atoms with Crippen LogP contribution in [0.15, 0.2) is 0 Å². The summed E-state index contributed by atoms with van der Waals surface area (Å²) < 4.78 is 15.0. The average Bonchev–Trinajstić information content (AvgIpc) is 2.18. The van der Waals surface area contributed by atoms with Crippen LogP contribution in [0.1, 0.15) is 52.4 Å². The first-order valence-corrected chi connectivity index (χ1v) is 7.67. The van der Waals surface area contributed by atoms with Crippen molar-refractivity contribution in [2.75, 3.05) is 0 Å². The van der Waals surface area contributed by atoms with E-state index >= 15 is 0 Å². The summed E-state index contributed by atoms with van der Waals surface area (Å²) in [7, 11) is 0. The number of rotatable bonds is 8. The third-order valence-electron chi connectivity index (χ3n) is 2.29. The van der Waals surface area contributed by atoms with Gasteiger partial charge in [0, 0.05) is 0 Å². The van der Waals surface area contributed by atoms with Crippen LogP contribution in [0.25, 0.3) is 0 Å². The van der Waals surface area contributed by atoms with Crippen molar-refractivity contribution in [1.82, 2.24) is 0 Å². The summed E-state index contributed by atoms with van der Waals surface area (Å²) in [6.07, 6.45) is 6.05. The summed E-state index contributed by atoms with van der Waals surface area (Å²) in [4.78, 5) is 11.4. The maximum absolute atomic E-state index is 11.4. The summed E-state index contributed by atoms with van der Waals surface area (Å²) in [5, 5.41) is 0. The van der Waals surface area contributed by atoms with E-state index in [0.717, 1.165) is 38.5 Å². The number of hydrogen-bond acceptors (Lipinski definition) is 3. The number of unbranched alkanes of at least 4 members (excludes halogenated alkanes) is 2. The fourth-order valence-corrected chi connectivity index (χ4v) is 2.12. The molecule has 4 heteroatoms. The van der Waals surface area contributed by atoms with Crippen LogP contribution in [0.3, 0.4) is 0 Å². The van der Waals surface area contributed by atoms with Gasteiger partial charge in [-0.15, -0.1) is 0 Å². The van der Waals surface area contributed by atoms with E-state index in [0.29, 0.717) is 0 Å². The van der Waals surface area contributed by atoms with Crippen LogP contribution >= 0.6 is 0 Å². The van der Waals surface area contributed by atoms with Crippen LogP contribution in [-0.2, 0) is 10.9 Å². The molecule has 0 atom stereocenters. The standard InChI is InChI=1S/C10H20O2.O.Sn/c1-3-5-7-9(10(11)12)8-6-4-2;;/h9H,3-8H2,1-2H3,(H,11,12);;/q;;+1/p-1. The first kappa shape index (κ1) is 14.1. The number of carbonyl (C=O) groups excluding carboxylic acids is 1. The van der Waals surface area contributed by atoms with Crippen molar-refractivity contribution in [1.29, 1.82) is 0 Å². The summed E-state index contributed by atoms with van der Waals surface area (Å²) in [6.45, 7) is 4.21. The van der Waals surface area contributed by atoms with Gasteiger partial charge in [0.05, 0.1) is 0 Å². The average molecular weight is 306 g/mol. The van der Waals surface area contributed by atoms with Gasteiger partial charge in [-0.3, -0.25) is 0 Å². The summed E-state index contributed by atoms with van der Waals surface area (Å²) in [5.41, 5.74) is 0. The van der Waals surface area contributed by atoms with Crippen molar-refractivity contribution in [2.45, 2.75) is 52.4 Å². The van der Waals surface area contributed by atoms with E-state index in [1.807, 2.05) is 0 Å². The molecule has 0 bridgehead atoms. The molecule has 81 valence electrons. The second kappa shape index (κ2) is 9.62. The molecule has 0 spiro atoms. The van der Waals surface area contributed by atoms with Crippen LogP contribution in [0.4, 0.5) is 0 Å². The quantitative estimate of drug-likeness (QED) is 0.647. The summed E-state index contributed by atoms with van der Waals surface area (Å²) >= 11 is -2.06. The van der Waals surface area contributed by atoms with Gasteiger partial charge in [-0.1, -0.05) is 0 Å². The zero-order valence-electron chi connectivity index (χ0n) is 9.04. The van der Waals surface area contributed by atoms with E-state index < -0.39 is 21.5 Å².